The first-order valence-corrected chi connectivity index (χ1v) is 7.68. The number of amides is 1. The van der Waals surface area contributed by atoms with Gasteiger partial charge in [0.05, 0.1) is 6.54 Å². The van der Waals surface area contributed by atoms with Crippen LogP contribution < -0.4 is 10.6 Å². The van der Waals surface area contributed by atoms with E-state index in [4.69, 9.17) is 0 Å². The Bertz CT molecular complexity index is 642. The Hall–Kier alpha value is -2.29. The van der Waals surface area contributed by atoms with Crippen molar-refractivity contribution in [1.29, 1.82) is 0 Å². The number of para-hydroxylation sites is 2. The van der Waals surface area contributed by atoms with Crippen LogP contribution in [-0.2, 0) is 4.79 Å². The smallest absolute Gasteiger partial charge is 0.243 e. The first-order valence-electron chi connectivity index (χ1n) is 7.68. The number of benzene rings is 2. The predicted octanol–water partition coefficient (Wildman–Crippen LogP) is 4.48. The van der Waals surface area contributed by atoms with Gasteiger partial charge in [0.2, 0.25) is 5.91 Å². The lowest BCUT2D eigenvalue weighted by molar-refractivity contribution is -0.114. The van der Waals surface area contributed by atoms with E-state index in [1.165, 1.54) is 5.56 Å². The molecular weight excluding hydrogens is 272 g/mol. The van der Waals surface area contributed by atoms with E-state index in [9.17, 15) is 4.79 Å². The molecule has 2 aromatic carbocycles. The summed E-state index contributed by atoms with van der Waals surface area (Å²) in [5, 5.41) is 6.24. The number of rotatable bonds is 5. The molecule has 0 aliphatic rings. The molecule has 0 saturated heterocycles. The average molecular weight is 296 g/mol. The van der Waals surface area contributed by atoms with Crippen LogP contribution in [0.5, 0.6) is 0 Å². The van der Waals surface area contributed by atoms with Crippen molar-refractivity contribution in [2.75, 3.05) is 17.2 Å². The third kappa shape index (κ3) is 3.88. The molecule has 0 aliphatic carbocycles. The fourth-order valence-corrected chi connectivity index (χ4v) is 2.53. The van der Waals surface area contributed by atoms with E-state index in [1.54, 1.807) is 0 Å². The summed E-state index contributed by atoms with van der Waals surface area (Å²) in [6.45, 7) is 8.57. The fourth-order valence-electron chi connectivity index (χ4n) is 2.53. The van der Waals surface area contributed by atoms with Crippen molar-refractivity contribution in [2.45, 2.75) is 33.6 Å². The molecule has 0 fully saturated rings. The number of aryl methyl sites for hydroxylation is 2. The summed E-state index contributed by atoms with van der Waals surface area (Å²) < 4.78 is 0. The minimum absolute atomic E-state index is 0.0315. The molecular formula is C19H24N2O. The molecule has 116 valence electrons. The van der Waals surface area contributed by atoms with Crippen LogP contribution in [0.25, 0.3) is 0 Å². The second-order valence-electron chi connectivity index (χ2n) is 5.91. The molecule has 0 radical (unpaired) electrons. The molecule has 2 aromatic rings. The molecule has 0 bridgehead atoms. The summed E-state index contributed by atoms with van der Waals surface area (Å²) in [6, 6.07) is 14.1. The first kappa shape index (κ1) is 16.1. The zero-order chi connectivity index (χ0) is 16.1. The molecule has 0 aromatic heterocycles. The van der Waals surface area contributed by atoms with Crippen LogP contribution in [0.15, 0.2) is 42.5 Å². The summed E-state index contributed by atoms with van der Waals surface area (Å²) >= 11 is 0. The van der Waals surface area contributed by atoms with Crippen LogP contribution in [0.3, 0.4) is 0 Å². The Kier molecular flexibility index (Phi) is 5.21. The molecule has 0 saturated carbocycles. The first-order chi connectivity index (χ1) is 10.5. The van der Waals surface area contributed by atoms with Gasteiger partial charge < -0.3 is 10.6 Å². The molecule has 0 unspecified atom stereocenters. The molecule has 3 nitrogen and oxygen atoms in total. The Morgan fingerprint density at radius 2 is 1.64 bits per heavy atom. The molecule has 2 rings (SSSR count). The Labute approximate surface area is 132 Å². The van der Waals surface area contributed by atoms with E-state index in [0.29, 0.717) is 5.92 Å². The fraction of sp³-hybridized carbons (Fsp3) is 0.316. The standard InChI is InChI=1S/C19H24N2O/c1-13(2)16-10-5-6-11-17(16)20-12-18(22)21-19-14(3)8-7-9-15(19)4/h5-11,13,20H,12H2,1-4H3,(H,21,22). The Balaban J connectivity index is 2.02. The van der Waals surface area contributed by atoms with Gasteiger partial charge in [-0.1, -0.05) is 50.2 Å². The van der Waals surface area contributed by atoms with Crippen molar-refractivity contribution in [3.63, 3.8) is 0 Å². The van der Waals surface area contributed by atoms with Gasteiger partial charge in [0.25, 0.3) is 0 Å². The van der Waals surface area contributed by atoms with E-state index in [-0.39, 0.29) is 12.5 Å². The zero-order valence-electron chi connectivity index (χ0n) is 13.7. The number of anilines is 2. The molecule has 3 heteroatoms. The lowest BCUT2D eigenvalue weighted by Gasteiger charge is -2.15. The van der Waals surface area contributed by atoms with Gasteiger partial charge in [-0.05, 0) is 42.5 Å². The predicted molar refractivity (Wildman–Crippen MR) is 93.6 cm³/mol. The highest BCUT2D eigenvalue weighted by Crippen LogP contribution is 2.23. The summed E-state index contributed by atoms with van der Waals surface area (Å²) in [4.78, 5) is 12.2. The molecule has 1 amide bonds. The normalized spacial score (nSPS) is 10.6. The van der Waals surface area contributed by atoms with Crippen LogP contribution in [-0.4, -0.2) is 12.5 Å². The van der Waals surface area contributed by atoms with E-state index in [0.717, 1.165) is 22.5 Å². The van der Waals surface area contributed by atoms with Gasteiger partial charge in [-0.2, -0.15) is 0 Å². The minimum atomic E-state index is -0.0315. The van der Waals surface area contributed by atoms with Crippen LogP contribution in [0.1, 0.15) is 36.5 Å². The number of nitrogens with one attached hydrogen (secondary N) is 2. The van der Waals surface area contributed by atoms with E-state index in [2.05, 4.69) is 30.5 Å². The van der Waals surface area contributed by atoms with Gasteiger partial charge in [0.1, 0.15) is 0 Å². The van der Waals surface area contributed by atoms with Gasteiger partial charge in [0.15, 0.2) is 0 Å². The van der Waals surface area contributed by atoms with Crippen molar-refractivity contribution in [1.82, 2.24) is 0 Å². The monoisotopic (exact) mass is 296 g/mol. The number of carbonyl (C=O) groups excluding carboxylic acids is 1. The topological polar surface area (TPSA) is 41.1 Å². The SMILES string of the molecule is Cc1cccc(C)c1NC(=O)CNc1ccccc1C(C)C. The summed E-state index contributed by atoms with van der Waals surface area (Å²) in [5.74, 6) is 0.390. The zero-order valence-corrected chi connectivity index (χ0v) is 13.7. The second kappa shape index (κ2) is 7.12. The highest BCUT2D eigenvalue weighted by Gasteiger charge is 2.09. The molecule has 0 heterocycles. The van der Waals surface area contributed by atoms with Gasteiger partial charge in [-0.3, -0.25) is 4.79 Å². The largest absolute Gasteiger partial charge is 0.376 e. The van der Waals surface area contributed by atoms with Crippen molar-refractivity contribution >= 4 is 17.3 Å². The summed E-state index contributed by atoms with van der Waals surface area (Å²) in [7, 11) is 0. The van der Waals surface area contributed by atoms with Crippen LogP contribution >= 0.6 is 0 Å². The van der Waals surface area contributed by atoms with Crippen LogP contribution in [0, 0.1) is 13.8 Å². The third-order valence-corrected chi connectivity index (χ3v) is 3.77. The Morgan fingerprint density at radius 1 is 1.00 bits per heavy atom. The maximum Gasteiger partial charge on any atom is 0.243 e. The number of hydrogen-bond donors (Lipinski definition) is 2. The molecule has 0 atom stereocenters. The highest BCUT2D eigenvalue weighted by atomic mass is 16.1. The van der Waals surface area contributed by atoms with E-state index >= 15 is 0 Å². The molecule has 2 N–H and O–H groups in total. The lowest BCUT2D eigenvalue weighted by Crippen LogP contribution is -2.23. The van der Waals surface area contributed by atoms with Gasteiger partial charge in [-0.25, -0.2) is 0 Å². The second-order valence-corrected chi connectivity index (χ2v) is 5.91. The maximum absolute atomic E-state index is 12.2. The minimum Gasteiger partial charge on any atom is -0.376 e. The highest BCUT2D eigenvalue weighted by molar-refractivity contribution is 5.95. The number of carbonyl (C=O) groups is 1. The average Bonchev–Trinajstić information content (AvgIpc) is 2.49. The van der Waals surface area contributed by atoms with Gasteiger partial charge in [0, 0.05) is 11.4 Å². The number of hydrogen-bond acceptors (Lipinski definition) is 2. The van der Waals surface area contributed by atoms with Crippen molar-refractivity contribution in [2.24, 2.45) is 0 Å². The van der Waals surface area contributed by atoms with Gasteiger partial charge >= 0.3 is 0 Å². The summed E-state index contributed by atoms with van der Waals surface area (Å²) in [5.41, 5.74) is 5.31. The maximum atomic E-state index is 12.2. The molecule has 0 spiro atoms. The third-order valence-electron chi connectivity index (χ3n) is 3.77. The van der Waals surface area contributed by atoms with E-state index in [1.807, 2.05) is 50.2 Å². The van der Waals surface area contributed by atoms with Crippen LogP contribution in [0.4, 0.5) is 11.4 Å². The van der Waals surface area contributed by atoms with E-state index < -0.39 is 0 Å². The van der Waals surface area contributed by atoms with Gasteiger partial charge in [-0.15, -0.1) is 0 Å². The van der Waals surface area contributed by atoms with Crippen molar-refractivity contribution < 1.29 is 4.79 Å². The Morgan fingerprint density at radius 3 is 2.27 bits per heavy atom. The van der Waals surface area contributed by atoms with Crippen molar-refractivity contribution in [3.05, 3.63) is 59.2 Å². The molecule has 0 aliphatic heterocycles. The summed E-state index contributed by atoms with van der Waals surface area (Å²) in [6.07, 6.45) is 0. The van der Waals surface area contributed by atoms with Crippen LogP contribution in [0.2, 0.25) is 0 Å². The van der Waals surface area contributed by atoms with Crippen molar-refractivity contribution in [3.8, 4) is 0 Å². The molecule has 22 heavy (non-hydrogen) atoms. The quantitative estimate of drug-likeness (QED) is 0.854. The lowest BCUT2D eigenvalue weighted by atomic mass is 10.0.